The second kappa shape index (κ2) is 13.9. The van der Waals surface area contributed by atoms with Gasteiger partial charge in [-0.05, 0) is 92.4 Å². The van der Waals surface area contributed by atoms with Crippen molar-refractivity contribution in [2.75, 3.05) is 18.1 Å². The molecule has 2 aliphatic rings. The van der Waals surface area contributed by atoms with Gasteiger partial charge in [-0.25, -0.2) is 4.39 Å². The summed E-state index contributed by atoms with van der Waals surface area (Å²) < 4.78 is 95.6. The number of ether oxygens (including phenoxy) is 3. The van der Waals surface area contributed by atoms with E-state index < -0.39 is 56.5 Å². The van der Waals surface area contributed by atoms with Gasteiger partial charge < -0.3 is 23.3 Å². The molecule has 2 fully saturated rings. The van der Waals surface area contributed by atoms with Gasteiger partial charge in [-0.15, -0.1) is 0 Å². The monoisotopic (exact) mass is 717 g/mol. The van der Waals surface area contributed by atoms with E-state index in [1.807, 2.05) is 0 Å². The Morgan fingerprint density at radius 3 is 2.12 bits per heavy atom. The molecule has 264 valence electrons. The van der Waals surface area contributed by atoms with E-state index in [0.29, 0.717) is 11.1 Å². The molecule has 3 aromatic rings. The molecule has 2 aliphatic heterocycles. The number of anilines is 1. The number of hydrogen-bond donors (Lipinski definition) is 0. The number of esters is 1. The molecule has 10 nitrogen and oxygen atoms in total. The van der Waals surface area contributed by atoms with Crippen LogP contribution >= 0.6 is 0 Å². The van der Waals surface area contributed by atoms with E-state index in [1.165, 1.54) is 36.1 Å². The Morgan fingerprint density at radius 1 is 0.960 bits per heavy atom. The minimum atomic E-state index is -5.90. The number of rotatable bonds is 9. The summed E-state index contributed by atoms with van der Waals surface area (Å²) in [7, 11) is -5.90. The molecule has 0 radical (unpaired) electrons. The Bertz CT molecular complexity index is 1920. The molecular formula is C35H31F4NO9S. The number of carbonyl (C=O) groups excluding carboxylic acids is 3. The van der Waals surface area contributed by atoms with Crippen molar-refractivity contribution in [3.8, 4) is 17.6 Å². The van der Waals surface area contributed by atoms with Crippen molar-refractivity contribution in [2.24, 2.45) is 5.92 Å². The minimum absolute atomic E-state index is 0.0197. The van der Waals surface area contributed by atoms with Gasteiger partial charge in [0.15, 0.2) is 11.6 Å². The predicted octanol–water partition coefficient (Wildman–Crippen LogP) is 5.86. The van der Waals surface area contributed by atoms with Crippen molar-refractivity contribution in [3.05, 3.63) is 95.3 Å². The number of nitrogens with zero attached hydrogens (tertiary/aromatic N) is 1. The number of alkyl halides is 3. The van der Waals surface area contributed by atoms with Gasteiger partial charge in [0, 0.05) is 30.2 Å². The highest BCUT2D eigenvalue weighted by Gasteiger charge is 2.50. The summed E-state index contributed by atoms with van der Waals surface area (Å²) in [6.45, 7) is 4.65. The fourth-order valence-corrected chi connectivity index (χ4v) is 5.91. The summed E-state index contributed by atoms with van der Waals surface area (Å²) in [6.07, 6.45) is 0.0985. The zero-order chi connectivity index (χ0) is 36.5. The summed E-state index contributed by atoms with van der Waals surface area (Å²) in [5, 5.41) is 0. The number of halogens is 4. The zero-order valence-corrected chi connectivity index (χ0v) is 27.8. The topological polar surface area (TPSA) is 126 Å². The number of benzene rings is 3. The first kappa shape index (κ1) is 36.5. The molecule has 2 heterocycles. The highest BCUT2D eigenvalue weighted by atomic mass is 32.2. The van der Waals surface area contributed by atoms with E-state index in [1.54, 1.807) is 38.1 Å². The van der Waals surface area contributed by atoms with Gasteiger partial charge in [-0.1, -0.05) is 18.1 Å². The number of amides is 1. The van der Waals surface area contributed by atoms with E-state index in [9.17, 15) is 40.4 Å². The largest absolute Gasteiger partial charge is 0.534 e. The number of carbonyl (C=O) groups is 3. The van der Waals surface area contributed by atoms with Gasteiger partial charge in [-0.2, -0.15) is 21.6 Å². The normalized spacial score (nSPS) is 19.8. The average Bonchev–Trinajstić information content (AvgIpc) is 3.04. The lowest BCUT2D eigenvalue weighted by atomic mass is 9.78. The maximum Gasteiger partial charge on any atom is 0.534 e. The van der Waals surface area contributed by atoms with E-state index in [-0.39, 0.29) is 49.0 Å². The molecule has 0 bridgehead atoms. The van der Waals surface area contributed by atoms with Crippen molar-refractivity contribution >= 4 is 33.5 Å². The molecule has 0 aliphatic carbocycles. The van der Waals surface area contributed by atoms with Crippen LogP contribution in [-0.2, 0) is 33.9 Å². The molecule has 3 aromatic carbocycles. The highest BCUT2D eigenvalue weighted by molar-refractivity contribution is 7.88. The van der Waals surface area contributed by atoms with E-state index >= 15 is 0 Å². The molecule has 1 amide bonds. The predicted molar refractivity (Wildman–Crippen MR) is 170 cm³/mol. The highest BCUT2D eigenvalue weighted by Crippen LogP contribution is 2.46. The number of Topliss-reactive ketones (excluding diaryl/α,β-unsaturated/α-hetero) is 1. The van der Waals surface area contributed by atoms with Crippen molar-refractivity contribution in [1.82, 2.24) is 0 Å². The van der Waals surface area contributed by atoms with E-state index in [0.717, 1.165) is 24.3 Å². The minimum Gasteiger partial charge on any atom is -0.441 e. The number of ketones is 1. The Kier molecular flexibility index (Phi) is 10.1. The molecule has 0 saturated carbocycles. The van der Waals surface area contributed by atoms with Gasteiger partial charge in [0.05, 0.1) is 12.0 Å². The smallest absolute Gasteiger partial charge is 0.441 e. The van der Waals surface area contributed by atoms with Gasteiger partial charge in [0.1, 0.15) is 24.8 Å². The molecule has 2 atom stereocenters. The molecule has 50 heavy (non-hydrogen) atoms. The summed E-state index contributed by atoms with van der Waals surface area (Å²) >= 11 is 0. The van der Waals surface area contributed by atoms with Gasteiger partial charge in [0.25, 0.3) is 0 Å². The van der Waals surface area contributed by atoms with E-state index in [4.69, 9.17) is 14.2 Å². The first-order chi connectivity index (χ1) is 23.4. The fraction of sp³-hybridized carbons (Fsp3) is 0.343. The third-order valence-corrected chi connectivity index (χ3v) is 8.98. The van der Waals surface area contributed by atoms with Crippen LogP contribution in [0, 0.1) is 23.6 Å². The third-order valence-electron chi connectivity index (χ3n) is 8.00. The molecule has 0 unspecified atom stereocenters. The average molecular weight is 718 g/mol. The number of β-lactam (4-membered cyclic amide) rings is 1. The second-order valence-corrected chi connectivity index (χ2v) is 13.7. The molecule has 5 rings (SSSR count). The maximum atomic E-state index is 13.5. The number of hydrogen-bond acceptors (Lipinski definition) is 9. The van der Waals surface area contributed by atoms with Crippen LogP contribution in [-0.4, -0.2) is 56.2 Å². The Morgan fingerprint density at radius 2 is 1.56 bits per heavy atom. The Labute approximate surface area is 285 Å². The Hall–Kier alpha value is -4.78. The molecule has 0 N–H and O–H groups in total. The zero-order valence-electron chi connectivity index (χ0n) is 27.0. The summed E-state index contributed by atoms with van der Waals surface area (Å²) in [4.78, 5) is 39.5. The van der Waals surface area contributed by atoms with Crippen LogP contribution in [0.25, 0.3) is 0 Å². The summed E-state index contributed by atoms with van der Waals surface area (Å²) in [5.41, 5.74) is -5.29. The first-order valence-corrected chi connectivity index (χ1v) is 16.6. The molecule has 2 saturated heterocycles. The van der Waals surface area contributed by atoms with Gasteiger partial charge in [0.2, 0.25) is 11.5 Å². The van der Waals surface area contributed by atoms with E-state index in [2.05, 4.69) is 16.0 Å². The van der Waals surface area contributed by atoms with Crippen molar-refractivity contribution < 1.29 is 58.8 Å². The van der Waals surface area contributed by atoms with Gasteiger partial charge in [-0.3, -0.25) is 14.4 Å². The summed E-state index contributed by atoms with van der Waals surface area (Å²) in [6, 6.07) is 15.7. The van der Waals surface area contributed by atoms with Crippen molar-refractivity contribution in [3.63, 3.8) is 0 Å². The van der Waals surface area contributed by atoms with Crippen LogP contribution < -0.4 is 9.08 Å². The molecular weight excluding hydrogens is 686 g/mol. The SMILES string of the molecule is CC(=O)OC1(C#Cc2ccc([C@@H]3[C@@H](CCC(=O)c4ccc(F)cc4)C(=O)N3c3ccc(OS(=O)(=O)C(F)(F)F)cc3)cc2)COC(C)(C)OC1. The van der Waals surface area contributed by atoms with Crippen molar-refractivity contribution in [2.45, 2.75) is 56.6 Å². The quantitative estimate of drug-likeness (QED) is 0.0509. The lowest BCUT2D eigenvalue weighted by Crippen LogP contribution is -2.55. The first-order valence-electron chi connectivity index (χ1n) is 15.2. The summed E-state index contributed by atoms with van der Waals surface area (Å²) in [5.74, 6) is 1.98. The van der Waals surface area contributed by atoms with Crippen LogP contribution in [0.4, 0.5) is 23.2 Å². The van der Waals surface area contributed by atoms with Crippen molar-refractivity contribution in [1.29, 1.82) is 0 Å². The van der Waals surface area contributed by atoms with Crippen LogP contribution in [0.2, 0.25) is 0 Å². The van der Waals surface area contributed by atoms with Crippen LogP contribution in [0.3, 0.4) is 0 Å². The van der Waals surface area contributed by atoms with Crippen LogP contribution in [0.15, 0.2) is 72.8 Å². The second-order valence-electron chi connectivity index (χ2n) is 12.1. The standard InChI is InChI=1S/C35H31F4NO9S/c1-22(41)48-34(20-46-33(2,3)47-21-34)19-18-23-4-6-25(7-5-23)31-29(16-17-30(42)24-8-10-26(36)11-9-24)32(43)40(31)27-12-14-28(15-13-27)49-50(44,45)35(37,38)39/h4-15,29,31H,16-17,20-21H2,1-3H3/t29-,31-/m1/s1. The Balaban J connectivity index is 1.40. The fourth-order valence-electron chi connectivity index (χ4n) is 5.45. The third kappa shape index (κ3) is 8.15. The molecule has 15 heteroatoms. The van der Waals surface area contributed by atoms with Crippen LogP contribution in [0.5, 0.6) is 5.75 Å². The lowest BCUT2D eigenvalue weighted by molar-refractivity contribution is -0.291. The lowest BCUT2D eigenvalue weighted by Gasteiger charge is -2.47. The van der Waals surface area contributed by atoms with Crippen LogP contribution in [0.1, 0.15) is 61.1 Å². The molecule has 0 spiro atoms. The molecule has 0 aromatic heterocycles. The van der Waals surface area contributed by atoms with Gasteiger partial charge >= 0.3 is 21.6 Å². The maximum absolute atomic E-state index is 13.5.